The Morgan fingerprint density at radius 1 is 0.577 bits per heavy atom. The zero-order valence-corrected chi connectivity index (χ0v) is 57.1. The van der Waals surface area contributed by atoms with Gasteiger partial charge in [-0.1, -0.05) is 81.4 Å². The van der Waals surface area contributed by atoms with Crippen LogP contribution in [0.1, 0.15) is 146 Å². The van der Waals surface area contributed by atoms with Gasteiger partial charge in [0.05, 0.1) is 56.1 Å². The second-order valence-corrected chi connectivity index (χ2v) is 24.6. The molecule has 2 amide bonds. The molecule has 13 rings (SSSR count). The Hall–Kier alpha value is -8.47. The minimum atomic E-state index is -1.11. The number of Topliss-reactive ketones (excluding diaryl/α,β-unsaturated/α-hetero) is 1. The number of amides is 2. The van der Waals surface area contributed by atoms with Crippen molar-refractivity contribution in [2.24, 2.45) is 38.8 Å². The van der Waals surface area contributed by atoms with Gasteiger partial charge in [-0.25, -0.2) is 69.4 Å². The van der Waals surface area contributed by atoms with Gasteiger partial charge in [-0.15, -0.1) is 0 Å². The van der Waals surface area contributed by atoms with Gasteiger partial charge >= 0.3 is 11.9 Å². The summed E-state index contributed by atoms with van der Waals surface area (Å²) in [6, 6.07) is 27.9. The van der Waals surface area contributed by atoms with Crippen LogP contribution in [-0.4, -0.2) is 156 Å². The van der Waals surface area contributed by atoms with E-state index in [4.69, 9.17) is 61.7 Å². The number of methoxy groups -OCH3 is 1. The molecule has 30 heteroatoms. The number of benzene rings is 2. The Morgan fingerprint density at radius 3 is 1.39 bits per heavy atom. The number of carbonyl (C=O) groups is 5. The van der Waals surface area contributed by atoms with Gasteiger partial charge in [0.1, 0.15) is 5.78 Å². The van der Waals surface area contributed by atoms with Gasteiger partial charge in [-0.05, 0) is 157 Å². The molecule has 7 aromatic rings. The van der Waals surface area contributed by atoms with Crippen LogP contribution in [0.4, 0.5) is 5.95 Å². The molecular formula is C67H78Cl4N16O10. The summed E-state index contributed by atoms with van der Waals surface area (Å²) in [4.78, 5) is 98.0. The average Bonchev–Trinajstić information content (AvgIpc) is 1.56. The van der Waals surface area contributed by atoms with Gasteiger partial charge < -0.3 is 35.4 Å². The molecule has 5 N–H and O–H groups in total. The van der Waals surface area contributed by atoms with E-state index in [0.29, 0.717) is 40.1 Å². The number of aromatic carboxylic acids is 1. The van der Waals surface area contributed by atoms with Crippen molar-refractivity contribution < 1.29 is 49.1 Å². The monoisotopic (exact) mass is 1410 g/mol. The number of carbonyl (C=O) groups excluding carboxylic acids is 4. The highest BCUT2D eigenvalue weighted by Crippen LogP contribution is 2.65. The number of aromatic nitrogens is 10. The SMILES string of the molecule is CC[C@]12CCC(CC1=O)C2(C)C.COC(=O)c1ccnc(Cl)n1.O=C(C1CCN(c2nccc(CO)n2)CC1)N1N=CC[C@H]1c1ccccc1.O=C(C1CCNCC1)N1N=CC[C@H]1c1ccccc1.O=C(O)c1ccnc(Cl)n1.OCc1ccnc(Cl)n1.OCc1ccnc(Cl)n1. The van der Waals surface area contributed by atoms with E-state index in [2.05, 4.69) is 108 Å². The summed E-state index contributed by atoms with van der Waals surface area (Å²) in [6.45, 7) is 9.78. The van der Waals surface area contributed by atoms with Gasteiger partial charge in [0.25, 0.3) is 0 Å². The van der Waals surface area contributed by atoms with Crippen molar-refractivity contribution in [1.29, 1.82) is 0 Å². The number of nitrogens with one attached hydrogen (secondary N) is 1. The summed E-state index contributed by atoms with van der Waals surface area (Å²) in [5.41, 5.74) is 4.39. The predicted octanol–water partition coefficient (Wildman–Crippen LogP) is 9.87. The van der Waals surface area contributed by atoms with E-state index in [0.717, 1.165) is 89.5 Å². The molecule has 2 aliphatic carbocycles. The number of halogens is 4. The lowest BCUT2D eigenvalue weighted by Crippen LogP contribution is -2.41. The van der Waals surface area contributed by atoms with E-state index in [9.17, 15) is 29.1 Å². The van der Waals surface area contributed by atoms with Gasteiger partial charge in [0.15, 0.2) is 11.4 Å². The number of aliphatic hydroxyl groups excluding tert-OH is 3. The highest BCUT2D eigenvalue weighted by atomic mass is 35.5. The molecule has 4 aliphatic heterocycles. The molecule has 0 radical (unpaired) electrons. The van der Waals surface area contributed by atoms with Crippen molar-refractivity contribution in [2.75, 3.05) is 38.2 Å². The molecule has 1 unspecified atom stereocenters. The molecule has 4 atom stereocenters. The number of fused-ring (bicyclic) bond motifs is 2. The number of ketones is 1. The number of hydrazone groups is 2. The fourth-order valence-corrected chi connectivity index (χ4v) is 12.7. The number of aliphatic hydroxyl groups is 3. The summed E-state index contributed by atoms with van der Waals surface area (Å²) < 4.78 is 4.40. The summed E-state index contributed by atoms with van der Waals surface area (Å²) in [7, 11) is 1.28. The second-order valence-electron chi connectivity index (χ2n) is 23.3. The summed E-state index contributed by atoms with van der Waals surface area (Å²) in [5, 5.41) is 50.3. The molecule has 97 heavy (non-hydrogen) atoms. The number of rotatable bonds is 11. The van der Waals surface area contributed by atoms with E-state index < -0.39 is 11.9 Å². The highest BCUT2D eigenvalue weighted by Gasteiger charge is 2.62. The number of piperidine rings is 2. The topological polar surface area (TPSA) is 351 Å². The van der Waals surface area contributed by atoms with Crippen molar-refractivity contribution in [3.63, 3.8) is 0 Å². The number of carboxylic acids is 1. The van der Waals surface area contributed by atoms with Crippen LogP contribution >= 0.6 is 46.4 Å². The second kappa shape index (κ2) is 37.9. The quantitative estimate of drug-likeness (QED) is 0.0594. The van der Waals surface area contributed by atoms with Crippen molar-refractivity contribution in [2.45, 2.75) is 117 Å². The number of esters is 1. The van der Waals surface area contributed by atoms with E-state index in [-0.39, 0.29) is 93.5 Å². The molecule has 5 aromatic heterocycles. The molecule has 2 saturated carbocycles. The Balaban J connectivity index is 0.000000167. The number of hydrogen-bond acceptors (Lipinski definition) is 23. The van der Waals surface area contributed by atoms with Crippen molar-refractivity contribution in [3.8, 4) is 0 Å². The van der Waals surface area contributed by atoms with Gasteiger partial charge in [-0.2, -0.15) is 10.2 Å². The first kappa shape index (κ1) is 75.9. The van der Waals surface area contributed by atoms with Crippen LogP contribution in [0, 0.1) is 28.6 Å². The third-order valence-corrected chi connectivity index (χ3v) is 18.2. The molecule has 2 bridgehead atoms. The predicted molar refractivity (Wildman–Crippen MR) is 364 cm³/mol. The minimum absolute atomic E-state index is 0.00120. The molecule has 514 valence electrons. The van der Waals surface area contributed by atoms with Crippen molar-refractivity contribution in [3.05, 3.63) is 183 Å². The molecular weight excluding hydrogens is 1330 g/mol. The normalized spacial score (nSPS) is 19.5. The van der Waals surface area contributed by atoms with Gasteiger partial charge in [0, 0.05) is 93.0 Å². The minimum Gasteiger partial charge on any atom is -0.477 e. The highest BCUT2D eigenvalue weighted by molar-refractivity contribution is 6.29. The zero-order valence-electron chi connectivity index (χ0n) is 54.1. The van der Waals surface area contributed by atoms with Crippen LogP contribution in [0.25, 0.3) is 0 Å². The van der Waals surface area contributed by atoms with E-state index in [1.165, 1.54) is 56.0 Å². The van der Waals surface area contributed by atoms with Crippen LogP contribution in [0.15, 0.2) is 132 Å². The maximum atomic E-state index is 13.1. The van der Waals surface area contributed by atoms with Gasteiger partial charge in [-0.3, -0.25) is 14.4 Å². The number of carboxylic acid groups (broad SMARTS) is 1. The lowest BCUT2D eigenvalue weighted by atomic mass is 9.67. The third kappa shape index (κ3) is 21.3. The largest absolute Gasteiger partial charge is 0.477 e. The number of nitrogens with zero attached hydrogens (tertiary/aromatic N) is 15. The third-order valence-electron chi connectivity index (χ3n) is 17.5. The fraction of sp³-hybridized carbons (Fsp3) is 0.418. The standard InChI is InChI=1S/C20H23N5O2.C15H19N3O.C11H18O.C6H5ClN2O2.C5H3ClN2O2.2C5H5ClN2O/c26-14-17-6-10-21-20(23-17)24-12-8-16(9-13-24)19(27)25-18(7-11-22-25)15-4-2-1-3-5-15;19-15(13-6-9-16-10-7-13)18-14(8-11-17-18)12-4-2-1-3-5-12;1-4-11-6-5-8(7-9(11)12)10(11,2)3;1-11-5(10)4-2-3-8-6(7)9-4;6-5-7-2-1-3(8-5)4(9)10;2*6-5-7-2-1-4(3-9)8-5/h1-6,10-11,16,18,26H,7-9,12-14H2;1-5,11,13-14,16H,6-10H2;8H,4-7H2,1-3H3;2-3H,1H3;1-2H,(H,9,10);2*1-2,9H,3H2/t18-;14-;8?,11-;;;;/m000..../s1. The number of anilines is 1. The summed E-state index contributed by atoms with van der Waals surface area (Å²) >= 11 is 21.5. The van der Waals surface area contributed by atoms with E-state index in [1.807, 2.05) is 61.0 Å². The Morgan fingerprint density at radius 2 is 1.01 bits per heavy atom. The molecule has 2 saturated heterocycles. The van der Waals surface area contributed by atoms with Crippen molar-refractivity contribution in [1.82, 2.24) is 65.2 Å². The first-order valence-corrected chi connectivity index (χ1v) is 32.9. The maximum Gasteiger partial charge on any atom is 0.356 e. The summed E-state index contributed by atoms with van der Waals surface area (Å²) in [6.07, 6.45) is 20.3. The maximum absolute atomic E-state index is 13.1. The Labute approximate surface area is 582 Å². The smallest absolute Gasteiger partial charge is 0.356 e. The zero-order chi connectivity index (χ0) is 69.9. The van der Waals surface area contributed by atoms with E-state index >= 15 is 0 Å². The lowest BCUT2D eigenvalue weighted by Gasteiger charge is -2.35. The Kier molecular flexibility index (Phi) is 29.6. The molecule has 0 spiro atoms. The van der Waals surface area contributed by atoms with Crippen LogP contribution in [0.5, 0.6) is 0 Å². The summed E-state index contributed by atoms with van der Waals surface area (Å²) in [5.74, 6) is 0.599. The molecule has 6 aliphatic rings. The first-order valence-electron chi connectivity index (χ1n) is 31.4. The first-order chi connectivity index (χ1) is 46.7. The van der Waals surface area contributed by atoms with E-state index in [1.54, 1.807) is 34.4 Å². The molecule has 26 nitrogen and oxygen atoms in total. The molecule has 4 fully saturated rings. The van der Waals surface area contributed by atoms with Crippen LogP contribution < -0.4 is 10.2 Å². The molecule has 2 aromatic carbocycles. The lowest BCUT2D eigenvalue weighted by molar-refractivity contribution is -0.138. The van der Waals surface area contributed by atoms with Crippen LogP contribution in [0.2, 0.25) is 21.1 Å². The fourth-order valence-electron chi connectivity index (χ4n) is 12.1. The number of hydrogen-bond donors (Lipinski definition) is 5. The molecule has 9 heterocycles. The van der Waals surface area contributed by atoms with Gasteiger partial charge in [0.2, 0.25) is 38.9 Å². The van der Waals surface area contributed by atoms with Crippen LogP contribution in [-0.2, 0) is 38.9 Å². The number of ether oxygens (including phenoxy) is 1. The van der Waals surface area contributed by atoms with Crippen LogP contribution in [0.3, 0.4) is 0 Å². The Bertz CT molecular complexity index is 3720. The average molecular weight is 1410 g/mol. The van der Waals surface area contributed by atoms with Crippen molar-refractivity contribution >= 4 is 94.3 Å².